The lowest BCUT2D eigenvalue weighted by molar-refractivity contribution is 0.522. The lowest BCUT2D eigenvalue weighted by Crippen LogP contribution is -2.35. The average molecular weight is 321 g/mol. The van der Waals surface area contributed by atoms with E-state index in [0.29, 0.717) is 6.42 Å². The highest BCUT2D eigenvalue weighted by Crippen LogP contribution is 2.33. The molecule has 1 unspecified atom stereocenters. The maximum atomic E-state index is 12.3. The van der Waals surface area contributed by atoms with Crippen LogP contribution >= 0.6 is 23.2 Å². The number of sulfonamides is 1. The van der Waals surface area contributed by atoms with E-state index in [1.165, 1.54) is 12.1 Å². The molecule has 4 nitrogen and oxygen atoms in total. The number of nitrogens with one attached hydrogen (secondary N) is 1. The highest BCUT2D eigenvalue weighted by molar-refractivity contribution is 7.89. The molecule has 0 bridgehead atoms. The minimum absolute atomic E-state index is 0.0358. The summed E-state index contributed by atoms with van der Waals surface area (Å²) in [5, 5.41) is 0.205. The van der Waals surface area contributed by atoms with Crippen LogP contribution in [0.3, 0.4) is 0 Å². The summed E-state index contributed by atoms with van der Waals surface area (Å²) in [6.45, 7) is 0. The van der Waals surface area contributed by atoms with Gasteiger partial charge in [0.05, 0.1) is 15.7 Å². The van der Waals surface area contributed by atoms with Crippen molar-refractivity contribution in [2.75, 3.05) is 5.73 Å². The van der Waals surface area contributed by atoms with E-state index >= 15 is 0 Å². The largest absolute Gasteiger partial charge is 0.396 e. The number of halogens is 2. The fourth-order valence-electron chi connectivity index (χ4n) is 1.94. The van der Waals surface area contributed by atoms with Crippen molar-refractivity contribution in [3.63, 3.8) is 0 Å². The lowest BCUT2D eigenvalue weighted by atomic mass is 10.0. The Bertz CT molecular complexity index is 614. The third kappa shape index (κ3) is 3.23. The van der Waals surface area contributed by atoms with Gasteiger partial charge in [-0.15, -0.1) is 0 Å². The van der Waals surface area contributed by atoms with Crippen LogP contribution in [0.2, 0.25) is 10.0 Å². The van der Waals surface area contributed by atoms with Crippen LogP contribution in [-0.2, 0) is 10.0 Å². The zero-order valence-corrected chi connectivity index (χ0v) is 12.4. The molecule has 1 aliphatic rings. The Morgan fingerprint density at radius 3 is 2.63 bits per heavy atom. The first-order valence-electron chi connectivity index (χ1n) is 5.82. The molecule has 0 heterocycles. The van der Waals surface area contributed by atoms with E-state index in [0.717, 1.165) is 12.8 Å². The molecule has 3 N–H and O–H groups in total. The van der Waals surface area contributed by atoms with Crippen molar-refractivity contribution < 1.29 is 8.42 Å². The Balaban J connectivity index is 2.29. The lowest BCUT2D eigenvalue weighted by Gasteiger charge is -2.20. The Labute approximate surface area is 122 Å². The summed E-state index contributed by atoms with van der Waals surface area (Å²) >= 11 is 11.8. The molecule has 1 aromatic rings. The van der Waals surface area contributed by atoms with Gasteiger partial charge in [-0.25, -0.2) is 13.1 Å². The maximum absolute atomic E-state index is 12.3. The molecule has 2 rings (SSSR count). The van der Waals surface area contributed by atoms with Crippen LogP contribution in [0, 0.1) is 0 Å². The van der Waals surface area contributed by atoms with Crippen LogP contribution in [-0.4, -0.2) is 14.5 Å². The van der Waals surface area contributed by atoms with Crippen molar-refractivity contribution in [3.05, 3.63) is 34.3 Å². The quantitative estimate of drug-likeness (QED) is 0.664. The summed E-state index contributed by atoms with van der Waals surface area (Å²) in [5.74, 6) is 0. The van der Waals surface area contributed by atoms with E-state index in [9.17, 15) is 8.42 Å². The van der Waals surface area contributed by atoms with E-state index < -0.39 is 10.0 Å². The molecule has 0 fully saturated rings. The van der Waals surface area contributed by atoms with Crippen molar-refractivity contribution in [3.8, 4) is 0 Å². The molecule has 0 aromatic heterocycles. The van der Waals surface area contributed by atoms with Gasteiger partial charge in [-0.05, 0) is 31.4 Å². The molecule has 0 amide bonds. The van der Waals surface area contributed by atoms with Gasteiger partial charge in [0.15, 0.2) is 0 Å². The Kier molecular flexibility index (Phi) is 4.40. The van der Waals surface area contributed by atoms with Gasteiger partial charge in [-0.1, -0.05) is 35.4 Å². The predicted octanol–water partition coefficient (Wildman–Crippen LogP) is 2.96. The van der Waals surface area contributed by atoms with E-state index in [1.807, 2.05) is 12.2 Å². The third-order valence-corrected chi connectivity index (χ3v) is 5.38. The molecular weight excluding hydrogens is 307 g/mol. The van der Waals surface area contributed by atoms with Crippen LogP contribution in [0.25, 0.3) is 0 Å². The van der Waals surface area contributed by atoms with Crippen molar-refractivity contribution in [2.24, 2.45) is 0 Å². The van der Waals surface area contributed by atoms with Gasteiger partial charge in [0.1, 0.15) is 4.90 Å². The van der Waals surface area contributed by atoms with E-state index in [-0.39, 0.29) is 26.7 Å². The minimum atomic E-state index is -3.68. The zero-order chi connectivity index (χ0) is 14.0. The highest BCUT2D eigenvalue weighted by Gasteiger charge is 2.24. The summed E-state index contributed by atoms with van der Waals surface area (Å²) in [6.07, 6.45) is 6.33. The number of anilines is 1. The van der Waals surface area contributed by atoms with Gasteiger partial charge in [0, 0.05) is 6.04 Å². The summed E-state index contributed by atoms with van der Waals surface area (Å²) in [4.78, 5) is -0.0365. The number of rotatable bonds is 3. The summed E-state index contributed by atoms with van der Waals surface area (Å²) in [5.41, 5.74) is 5.72. The smallest absolute Gasteiger partial charge is 0.242 e. The van der Waals surface area contributed by atoms with Crippen LogP contribution in [0.4, 0.5) is 5.69 Å². The van der Waals surface area contributed by atoms with Crippen LogP contribution in [0.1, 0.15) is 19.3 Å². The second-order valence-corrected chi connectivity index (χ2v) is 6.84. The number of nitrogen functional groups attached to an aromatic ring is 1. The fourth-order valence-corrected chi connectivity index (χ4v) is 3.99. The monoisotopic (exact) mass is 320 g/mol. The molecule has 0 radical (unpaired) electrons. The maximum Gasteiger partial charge on any atom is 0.242 e. The normalized spacial score (nSPS) is 19.6. The molecule has 104 valence electrons. The van der Waals surface area contributed by atoms with E-state index in [2.05, 4.69) is 4.72 Å². The van der Waals surface area contributed by atoms with Gasteiger partial charge < -0.3 is 5.73 Å². The minimum Gasteiger partial charge on any atom is -0.396 e. The predicted molar refractivity (Wildman–Crippen MR) is 78.0 cm³/mol. The van der Waals surface area contributed by atoms with Crippen LogP contribution in [0.15, 0.2) is 29.2 Å². The van der Waals surface area contributed by atoms with Gasteiger partial charge in [-0.3, -0.25) is 0 Å². The molecule has 1 aromatic carbocycles. The summed E-state index contributed by atoms with van der Waals surface area (Å²) in [6, 6.07) is 2.68. The molecule has 1 aliphatic carbocycles. The summed E-state index contributed by atoms with van der Waals surface area (Å²) < 4.78 is 27.2. The molecule has 1 atom stereocenters. The van der Waals surface area contributed by atoms with E-state index in [1.54, 1.807) is 0 Å². The summed E-state index contributed by atoms with van der Waals surface area (Å²) in [7, 11) is -3.68. The first-order valence-corrected chi connectivity index (χ1v) is 8.06. The first-order chi connectivity index (χ1) is 8.92. The van der Waals surface area contributed by atoms with Crippen molar-refractivity contribution >= 4 is 38.9 Å². The van der Waals surface area contributed by atoms with E-state index in [4.69, 9.17) is 28.9 Å². The Morgan fingerprint density at radius 1 is 1.26 bits per heavy atom. The molecular formula is C12H14Cl2N2O2S. The molecule has 19 heavy (non-hydrogen) atoms. The Hall–Kier alpha value is -0.750. The zero-order valence-electron chi connectivity index (χ0n) is 10.1. The number of benzene rings is 1. The number of hydrogen-bond donors (Lipinski definition) is 2. The first kappa shape index (κ1) is 14.7. The van der Waals surface area contributed by atoms with Crippen LogP contribution in [0.5, 0.6) is 0 Å². The molecule has 0 saturated carbocycles. The van der Waals surface area contributed by atoms with Crippen molar-refractivity contribution in [2.45, 2.75) is 30.2 Å². The van der Waals surface area contributed by atoms with Gasteiger partial charge in [-0.2, -0.15) is 0 Å². The fraction of sp³-hybridized carbons (Fsp3) is 0.333. The number of hydrogen-bond acceptors (Lipinski definition) is 3. The average Bonchev–Trinajstić information content (AvgIpc) is 2.36. The van der Waals surface area contributed by atoms with Gasteiger partial charge in [0.25, 0.3) is 0 Å². The highest BCUT2D eigenvalue weighted by atomic mass is 35.5. The number of nitrogens with two attached hydrogens (primary N) is 1. The standard InChI is InChI=1S/C12H14Cl2N2O2S/c13-9-6-7-10(11(14)12(9)15)19(17,18)16-8-4-2-1-3-5-8/h1-2,6-8,16H,3-5,15H2. The second kappa shape index (κ2) is 5.71. The third-order valence-electron chi connectivity index (χ3n) is 2.97. The molecule has 0 saturated heterocycles. The van der Waals surface area contributed by atoms with Gasteiger partial charge in [0.2, 0.25) is 10.0 Å². The topological polar surface area (TPSA) is 72.2 Å². The molecule has 0 spiro atoms. The molecule has 0 aliphatic heterocycles. The van der Waals surface area contributed by atoms with Crippen molar-refractivity contribution in [1.82, 2.24) is 4.72 Å². The SMILES string of the molecule is Nc1c(Cl)ccc(S(=O)(=O)NC2CC=CCC2)c1Cl. The van der Waals surface area contributed by atoms with Crippen molar-refractivity contribution in [1.29, 1.82) is 0 Å². The molecule has 7 heteroatoms. The Morgan fingerprint density at radius 2 is 2.00 bits per heavy atom. The number of allylic oxidation sites excluding steroid dienone is 1. The van der Waals surface area contributed by atoms with Gasteiger partial charge >= 0.3 is 0 Å². The second-order valence-electron chi connectivity index (χ2n) is 4.38. The van der Waals surface area contributed by atoms with Crippen LogP contribution < -0.4 is 10.5 Å².